The van der Waals surface area contributed by atoms with Gasteiger partial charge in [-0.15, -0.1) is 0 Å². The number of carboxylic acid groups (broad SMARTS) is 1. The van der Waals surface area contributed by atoms with E-state index in [1.54, 1.807) is 7.05 Å². The van der Waals surface area contributed by atoms with Gasteiger partial charge in [-0.1, -0.05) is 24.3 Å². The molecule has 0 radical (unpaired) electrons. The van der Waals surface area contributed by atoms with Crippen molar-refractivity contribution in [2.75, 3.05) is 7.05 Å². The molecule has 0 fully saturated rings. The lowest BCUT2D eigenvalue weighted by Gasteiger charge is -2.02. The van der Waals surface area contributed by atoms with Gasteiger partial charge in [0.05, 0.1) is 5.92 Å². The highest BCUT2D eigenvalue weighted by atomic mass is 16.4. The first-order valence-electron chi connectivity index (χ1n) is 4.52. The third-order valence-electron chi connectivity index (χ3n) is 2.61. The third-order valence-corrected chi connectivity index (χ3v) is 2.61. The summed E-state index contributed by atoms with van der Waals surface area (Å²) in [6.45, 7) is 0. The first kappa shape index (κ1) is 8.94. The van der Waals surface area contributed by atoms with Crippen LogP contribution in [0.3, 0.4) is 0 Å². The number of hydrogen-bond acceptors (Lipinski definition) is 2. The first-order chi connectivity index (χ1) is 6.74. The summed E-state index contributed by atoms with van der Waals surface area (Å²) in [5.74, 6) is -1.18. The Morgan fingerprint density at radius 3 is 2.86 bits per heavy atom. The molecular weight excluding hydrogens is 178 g/mol. The molecule has 0 spiro atoms. The van der Waals surface area contributed by atoms with Gasteiger partial charge in [0.25, 0.3) is 0 Å². The standard InChI is InChI=1S/C11H11NO2/c1-12-10-6-9(11(13)14)7-4-2-3-5-8(7)10/h2-5,9H,6H2,1H3,(H,13,14). The molecule has 1 aliphatic carbocycles. The molecule has 0 amide bonds. The fourth-order valence-corrected chi connectivity index (χ4v) is 1.91. The van der Waals surface area contributed by atoms with Crippen LogP contribution in [0, 0.1) is 0 Å². The van der Waals surface area contributed by atoms with Gasteiger partial charge in [-0.3, -0.25) is 9.79 Å². The fraction of sp³-hybridized carbons (Fsp3) is 0.273. The largest absolute Gasteiger partial charge is 0.481 e. The van der Waals surface area contributed by atoms with Crippen molar-refractivity contribution in [2.24, 2.45) is 4.99 Å². The van der Waals surface area contributed by atoms with Gasteiger partial charge in [-0.05, 0) is 11.1 Å². The fourth-order valence-electron chi connectivity index (χ4n) is 1.91. The van der Waals surface area contributed by atoms with Gasteiger partial charge in [0.2, 0.25) is 0 Å². The van der Waals surface area contributed by atoms with Crippen LogP contribution in [0.4, 0.5) is 0 Å². The van der Waals surface area contributed by atoms with Gasteiger partial charge in [-0.2, -0.15) is 0 Å². The molecule has 0 heterocycles. The second-order valence-electron chi connectivity index (χ2n) is 3.35. The molecule has 72 valence electrons. The number of carbonyl (C=O) groups is 1. The van der Waals surface area contributed by atoms with Crippen LogP contribution in [0.2, 0.25) is 0 Å². The minimum atomic E-state index is -0.767. The molecule has 14 heavy (non-hydrogen) atoms. The van der Waals surface area contributed by atoms with E-state index in [1.165, 1.54) is 0 Å². The van der Waals surface area contributed by atoms with Crippen LogP contribution in [0.15, 0.2) is 29.3 Å². The molecule has 2 rings (SSSR count). The quantitative estimate of drug-likeness (QED) is 0.730. The summed E-state index contributed by atoms with van der Waals surface area (Å²) in [5, 5.41) is 9.02. The molecule has 1 aromatic carbocycles. The Morgan fingerprint density at radius 2 is 2.21 bits per heavy atom. The molecule has 1 unspecified atom stereocenters. The van der Waals surface area contributed by atoms with Crippen molar-refractivity contribution in [3.63, 3.8) is 0 Å². The number of fused-ring (bicyclic) bond motifs is 1. The minimum Gasteiger partial charge on any atom is -0.481 e. The molecule has 0 aromatic heterocycles. The minimum absolute atomic E-state index is 0.412. The Hall–Kier alpha value is -1.64. The first-order valence-corrected chi connectivity index (χ1v) is 4.52. The maximum Gasteiger partial charge on any atom is 0.311 e. The molecule has 1 aromatic rings. The molecule has 1 aliphatic rings. The topological polar surface area (TPSA) is 49.7 Å². The summed E-state index contributed by atoms with van der Waals surface area (Å²) >= 11 is 0. The van der Waals surface area contributed by atoms with E-state index in [1.807, 2.05) is 24.3 Å². The molecule has 0 saturated heterocycles. The number of carboxylic acids is 1. The van der Waals surface area contributed by atoms with Gasteiger partial charge < -0.3 is 5.11 Å². The summed E-state index contributed by atoms with van der Waals surface area (Å²) in [7, 11) is 1.70. The average Bonchev–Trinajstić information content (AvgIpc) is 2.56. The van der Waals surface area contributed by atoms with E-state index in [-0.39, 0.29) is 0 Å². The summed E-state index contributed by atoms with van der Waals surface area (Å²) in [4.78, 5) is 15.1. The van der Waals surface area contributed by atoms with Crippen molar-refractivity contribution in [1.29, 1.82) is 0 Å². The Bertz CT molecular complexity index is 410. The van der Waals surface area contributed by atoms with Crippen LogP contribution in [0.1, 0.15) is 23.5 Å². The van der Waals surface area contributed by atoms with Gasteiger partial charge in [-0.25, -0.2) is 0 Å². The number of nitrogens with zero attached hydrogens (tertiary/aromatic N) is 1. The van der Waals surface area contributed by atoms with Crippen molar-refractivity contribution >= 4 is 11.7 Å². The highest BCUT2D eigenvalue weighted by molar-refractivity contribution is 6.08. The van der Waals surface area contributed by atoms with Gasteiger partial charge in [0.1, 0.15) is 0 Å². The normalized spacial score (nSPS) is 22.4. The van der Waals surface area contributed by atoms with Crippen LogP contribution in [0.5, 0.6) is 0 Å². The van der Waals surface area contributed by atoms with Crippen LogP contribution >= 0.6 is 0 Å². The van der Waals surface area contributed by atoms with Crippen LogP contribution in [0.25, 0.3) is 0 Å². The zero-order valence-electron chi connectivity index (χ0n) is 7.90. The predicted octanol–water partition coefficient (Wildman–Crippen LogP) is 1.68. The molecule has 3 heteroatoms. The summed E-state index contributed by atoms with van der Waals surface area (Å²) in [5.41, 5.74) is 2.77. The van der Waals surface area contributed by atoms with Crippen LogP contribution in [-0.4, -0.2) is 23.8 Å². The van der Waals surface area contributed by atoms with Crippen molar-refractivity contribution in [2.45, 2.75) is 12.3 Å². The van der Waals surface area contributed by atoms with Gasteiger partial charge in [0, 0.05) is 19.2 Å². The molecule has 3 nitrogen and oxygen atoms in total. The number of hydrogen-bond donors (Lipinski definition) is 1. The number of aliphatic imine (C=N–C) groups is 1. The van der Waals surface area contributed by atoms with E-state index in [0.29, 0.717) is 6.42 Å². The van der Waals surface area contributed by atoms with Crippen LogP contribution in [-0.2, 0) is 4.79 Å². The summed E-state index contributed by atoms with van der Waals surface area (Å²) < 4.78 is 0. The lowest BCUT2D eigenvalue weighted by Crippen LogP contribution is -2.08. The number of aliphatic carboxylic acids is 1. The lowest BCUT2D eigenvalue weighted by atomic mass is 10.0. The van der Waals surface area contributed by atoms with Crippen LogP contribution < -0.4 is 0 Å². The average molecular weight is 189 g/mol. The third kappa shape index (κ3) is 1.21. The Kier molecular flexibility index (Phi) is 2.08. The maximum atomic E-state index is 11.0. The van der Waals surface area contributed by atoms with E-state index < -0.39 is 11.9 Å². The van der Waals surface area contributed by atoms with Crippen molar-refractivity contribution in [1.82, 2.24) is 0 Å². The molecule has 1 atom stereocenters. The van der Waals surface area contributed by atoms with E-state index in [2.05, 4.69) is 4.99 Å². The zero-order valence-corrected chi connectivity index (χ0v) is 7.90. The Balaban J connectivity index is 2.54. The van der Waals surface area contributed by atoms with Gasteiger partial charge in [0.15, 0.2) is 0 Å². The summed E-state index contributed by atoms with van der Waals surface area (Å²) in [6.07, 6.45) is 0.519. The van der Waals surface area contributed by atoms with E-state index in [9.17, 15) is 4.79 Å². The zero-order chi connectivity index (χ0) is 10.1. The number of rotatable bonds is 1. The highest BCUT2D eigenvalue weighted by Crippen LogP contribution is 2.33. The van der Waals surface area contributed by atoms with E-state index in [0.717, 1.165) is 16.8 Å². The van der Waals surface area contributed by atoms with Crippen molar-refractivity contribution < 1.29 is 9.90 Å². The lowest BCUT2D eigenvalue weighted by molar-refractivity contribution is -0.138. The molecule has 1 N–H and O–H groups in total. The van der Waals surface area contributed by atoms with E-state index in [4.69, 9.17) is 5.11 Å². The monoisotopic (exact) mass is 189 g/mol. The molecule has 0 aliphatic heterocycles. The second-order valence-corrected chi connectivity index (χ2v) is 3.35. The number of benzene rings is 1. The highest BCUT2D eigenvalue weighted by Gasteiger charge is 2.31. The molecular formula is C11H11NO2. The van der Waals surface area contributed by atoms with E-state index >= 15 is 0 Å². The predicted molar refractivity (Wildman–Crippen MR) is 53.9 cm³/mol. The Labute approximate surface area is 82.1 Å². The molecule has 0 saturated carbocycles. The SMILES string of the molecule is CN=C1CC(C(=O)O)c2ccccc21. The Morgan fingerprint density at radius 1 is 1.50 bits per heavy atom. The second kappa shape index (κ2) is 3.25. The maximum absolute atomic E-state index is 11.0. The smallest absolute Gasteiger partial charge is 0.311 e. The van der Waals surface area contributed by atoms with Crippen molar-refractivity contribution in [3.05, 3.63) is 35.4 Å². The van der Waals surface area contributed by atoms with Crippen molar-refractivity contribution in [3.8, 4) is 0 Å². The molecule has 0 bridgehead atoms. The van der Waals surface area contributed by atoms with Gasteiger partial charge >= 0.3 is 5.97 Å². The summed E-state index contributed by atoms with van der Waals surface area (Å²) in [6, 6.07) is 7.58.